The molecule has 0 spiro atoms. The molecular weight excluding hydrogens is 228 g/mol. The normalized spacial score (nSPS) is 11.2. The molecule has 5 nitrogen and oxygen atoms in total. The van der Waals surface area contributed by atoms with Crippen LogP contribution in [0.1, 0.15) is 15.9 Å². The van der Waals surface area contributed by atoms with Gasteiger partial charge in [0.05, 0.1) is 5.75 Å². The molecule has 88 valence electrons. The van der Waals surface area contributed by atoms with Gasteiger partial charge in [-0.25, -0.2) is 13.6 Å². The van der Waals surface area contributed by atoms with Gasteiger partial charge in [0.25, 0.3) is 5.91 Å². The van der Waals surface area contributed by atoms with Crippen LogP contribution < -0.4 is 5.14 Å². The zero-order valence-corrected chi connectivity index (χ0v) is 9.99. The van der Waals surface area contributed by atoms with E-state index in [2.05, 4.69) is 0 Å². The van der Waals surface area contributed by atoms with Gasteiger partial charge in [-0.2, -0.15) is 0 Å². The van der Waals surface area contributed by atoms with Crippen molar-refractivity contribution in [2.45, 2.75) is 5.75 Å². The topological polar surface area (TPSA) is 80.5 Å². The number of hydrogen-bond acceptors (Lipinski definition) is 3. The maximum absolute atomic E-state index is 11.7. The summed E-state index contributed by atoms with van der Waals surface area (Å²) in [6.45, 7) is 0. The van der Waals surface area contributed by atoms with Crippen molar-refractivity contribution in [3.05, 3.63) is 35.4 Å². The van der Waals surface area contributed by atoms with Gasteiger partial charge in [-0.15, -0.1) is 0 Å². The molecule has 0 atom stereocenters. The lowest BCUT2D eigenvalue weighted by molar-refractivity contribution is 0.0827. The van der Waals surface area contributed by atoms with E-state index in [0.29, 0.717) is 11.1 Å². The van der Waals surface area contributed by atoms with Crippen LogP contribution in [0.2, 0.25) is 0 Å². The zero-order valence-electron chi connectivity index (χ0n) is 9.17. The van der Waals surface area contributed by atoms with Gasteiger partial charge in [0.1, 0.15) is 0 Å². The van der Waals surface area contributed by atoms with Crippen LogP contribution in [0.4, 0.5) is 0 Å². The van der Waals surface area contributed by atoms with Crippen molar-refractivity contribution in [2.75, 3.05) is 14.1 Å². The third-order valence-corrected chi connectivity index (χ3v) is 2.72. The summed E-state index contributed by atoms with van der Waals surface area (Å²) in [5.74, 6) is -0.567. The summed E-state index contributed by atoms with van der Waals surface area (Å²) in [6, 6.07) is 6.53. The molecule has 1 aromatic rings. The van der Waals surface area contributed by atoms with Crippen LogP contribution in [0.3, 0.4) is 0 Å². The Morgan fingerprint density at radius 2 is 1.88 bits per heavy atom. The summed E-state index contributed by atoms with van der Waals surface area (Å²) in [6.07, 6.45) is 0. The molecule has 1 rings (SSSR count). The van der Waals surface area contributed by atoms with E-state index >= 15 is 0 Å². The lowest BCUT2D eigenvalue weighted by atomic mass is 10.1. The lowest BCUT2D eigenvalue weighted by Crippen LogP contribution is -2.24. The maximum atomic E-state index is 11.7. The molecule has 0 aliphatic carbocycles. The van der Waals surface area contributed by atoms with E-state index in [9.17, 15) is 13.2 Å². The molecule has 16 heavy (non-hydrogen) atoms. The molecule has 0 bridgehead atoms. The second-order valence-corrected chi connectivity index (χ2v) is 5.28. The van der Waals surface area contributed by atoms with Crippen LogP contribution in [0.25, 0.3) is 0 Å². The fourth-order valence-electron chi connectivity index (χ4n) is 1.31. The minimum atomic E-state index is -3.63. The number of sulfonamides is 1. The van der Waals surface area contributed by atoms with Gasteiger partial charge < -0.3 is 4.90 Å². The van der Waals surface area contributed by atoms with E-state index in [1.807, 2.05) is 0 Å². The van der Waals surface area contributed by atoms with E-state index in [1.165, 1.54) is 4.90 Å². The first-order valence-electron chi connectivity index (χ1n) is 4.61. The Morgan fingerprint density at radius 1 is 1.31 bits per heavy atom. The second-order valence-electron chi connectivity index (χ2n) is 3.66. The van der Waals surface area contributed by atoms with Gasteiger partial charge in [-0.1, -0.05) is 18.2 Å². The van der Waals surface area contributed by atoms with Gasteiger partial charge in [0.2, 0.25) is 10.0 Å². The van der Waals surface area contributed by atoms with Crippen molar-refractivity contribution < 1.29 is 13.2 Å². The van der Waals surface area contributed by atoms with Gasteiger partial charge in [0, 0.05) is 19.7 Å². The SMILES string of the molecule is CN(C)C(=O)c1ccccc1CS(N)(=O)=O. The Labute approximate surface area is 94.9 Å². The molecule has 1 aromatic carbocycles. The summed E-state index contributed by atoms with van der Waals surface area (Å²) in [7, 11) is -0.415. The summed E-state index contributed by atoms with van der Waals surface area (Å²) in [4.78, 5) is 13.1. The first kappa shape index (κ1) is 12.7. The van der Waals surface area contributed by atoms with Crippen molar-refractivity contribution in [3.63, 3.8) is 0 Å². The maximum Gasteiger partial charge on any atom is 0.253 e. The average Bonchev–Trinajstić information content (AvgIpc) is 2.15. The number of hydrogen-bond donors (Lipinski definition) is 1. The van der Waals surface area contributed by atoms with Gasteiger partial charge in [-0.3, -0.25) is 4.79 Å². The summed E-state index contributed by atoms with van der Waals surface area (Å²) < 4.78 is 22.0. The van der Waals surface area contributed by atoms with Crippen molar-refractivity contribution in [2.24, 2.45) is 5.14 Å². The van der Waals surface area contributed by atoms with Crippen LogP contribution >= 0.6 is 0 Å². The zero-order chi connectivity index (χ0) is 12.3. The van der Waals surface area contributed by atoms with Crippen LogP contribution in [0, 0.1) is 0 Å². The molecule has 2 N–H and O–H groups in total. The Hall–Kier alpha value is -1.40. The van der Waals surface area contributed by atoms with E-state index in [4.69, 9.17) is 5.14 Å². The van der Waals surface area contributed by atoms with Crippen LogP contribution in [-0.4, -0.2) is 33.3 Å². The van der Waals surface area contributed by atoms with Crippen LogP contribution in [0.15, 0.2) is 24.3 Å². The largest absolute Gasteiger partial charge is 0.345 e. The molecule has 1 amide bonds. The van der Waals surface area contributed by atoms with Crippen molar-refractivity contribution in [1.29, 1.82) is 0 Å². The molecule has 0 aliphatic rings. The Kier molecular flexibility index (Phi) is 3.66. The number of carbonyl (C=O) groups is 1. The minimum absolute atomic E-state index is 0.237. The highest BCUT2D eigenvalue weighted by molar-refractivity contribution is 7.88. The summed E-state index contributed by atoms with van der Waals surface area (Å²) in [5, 5.41) is 4.96. The number of rotatable bonds is 3. The first-order chi connectivity index (χ1) is 7.31. The van der Waals surface area contributed by atoms with E-state index in [0.717, 1.165) is 0 Å². The smallest absolute Gasteiger partial charge is 0.253 e. The van der Waals surface area contributed by atoms with Crippen LogP contribution in [-0.2, 0) is 15.8 Å². The lowest BCUT2D eigenvalue weighted by Gasteiger charge is -2.13. The summed E-state index contributed by atoms with van der Waals surface area (Å²) in [5.41, 5.74) is 0.783. The van der Waals surface area contributed by atoms with E-state index in [1.54, 1.807) is 38.4 Å². The minimum Gasteiger partial charge on any atom is -0.345 e. The Bertz CT molecular complexity index is 495. The monoisotopic (exact) mass is 242 g/mol. The molecule has 6 heteroatoms. The second kappa shape index (κ2) is 4.63. The Morgan fingerprint density at radius 3 is 2.38 bits per heavy atom. The number of carbonyl (C=O) groups excluding carboxylic acids is 1. The molecular formula is C10H14N2O3S. The number of primary sulfonamides is 1. The quantitative estimate of drug-likeness (QED) is 0.820. The molecule has 0 fully saturated rings. The van der Waals surface area contributed by atoms with Gasteiger partial charge in [-0.05, 0) is 11.6 Å². The Balaban J connectivity index is 3.16. The number of nitrogens with two attached hydrogens (primary N) is 1. The molecule has 0 aromatic heterocycles. The van der Waals surface area contributed by atoms with E-state index in [-0.39, 0.29) is 11.7 Å². The number of benzene rings is 1. The van der Waals surface area contributed by atoms with Crippen LogP contribution in [0.5, 0.6) is 0 Å². The fraction of sp³-hybridized carbons (Fsp3) is 0.300. The predicted molar refractivity (Wildman–Crippen MR) is 61.3 cm³/mol. The van der Waals surface area contributed by atoms with Crippen molar-refractivity contribution in [3.8, 4) is 0 Å². The standard InChI is InChI=1S/C10H14N2O3S/c1-12(2)10(13)9-6-4-3-5-8(9)7-16(11,14)15/h3-6H,7H2,1-2H3,(H2,11,14,15). The first-order valence-corrected chi connectivity index (χ1v) is 6.33. The highest BCUT2D eigenvalue weighted by atomic mass is 32.2. The third-order valence-electron chi connectivity index (χ3n) is 2.01. The highest BCUT2D eigenvalue weighted by Crippen LogP contribution is 2.12. The molecule has 0 saturated heterocycles. The van der Waals surface area contributed by atoms with Gasteiger partial charge in [0.15, 0.2) is 0 Å². The number of nitrogens with zero attached hydrogens (tertiary/aromatic N) is 1. The molecule has 0 aliphatic heterocycles. The predicted octanol–water partition coefficient (Wildman–Crippen LogP) is 0.177. The van der Waals surface area contributed by atoms with Crippen molar-refractivity contribution in [1.82, 2.24) is 4.90 Å². The summed E-state index contributed by atoms with van der Waals surface area (Å²) >= 11 is 0. The highest BCUT2D eigenvalue weighted by Gasteiger charge is 2.15. The number of amides is 1. The van der Waals surface area contributed by atoms with Crippen molar-refractivity contribution >= 4 is 15.9 Å². The average molecular weight is 242 g/mol. The fourth-order valence-corrected chi connectivity index (χ4v) is 2.00. The molecule has 0 unspecified atom stereocenters. The van der Waals surface area contributed by atoms with Gasteiger partial charge >= 0.3 is 0 Å². The van der Waals surface area contributed by atoms with E-state index < -0.39 is 10.0 Å². The third kappa shape index (κ3) is 3.32. The molecule has 0 radical (unpaired) electrons. The molecule has 0 heterocycles. The molecule has 0 saturated carbocycles.